The topological polar surface area (TPSA) is 32.3 Å². The monoisotopic (exact) mass is 296 g/mol. The Morgan fingerprint density at radius 3 is 2.62 bits per heavy atom. The molecule has 1 amide bonds. The highest BCUT2D eigenvalue weighted by atomic mass is 16.2. The highest BCUT2D eigenvalue weighted by molar-refractivity contribution is 5.76. The van der Waals surface area contributed by atoms with Crippen LogP contribution in [0.1, 0.15) is 72.6 Å². The van der Waals surface area contributed by atoms with Crippen molar-refractivity contribution < 1.29 is 4.79 Å². The van der Waals surface area contributed by atoms with Gasteiger partial charge in [0.15, 0.2) is 0 Å². The molecule has 124 valence electrons. The van der Waals surface area contributed by atoms with Crippen LogP contribution in [0.15, 0.2) is 0 Å². The van der Waals surface area contributed by atoms with Gasteiger partial charge in [-0.25, -0.2) is 0 Å². The number of unbranched alkanes of at least 4 members (excludes halogenated alkanes) is 1. The predicted octanol–water partition coefficient (Wildman–Crippen LogP) is 3.83. The normalized spacial score (nSPS) is 22.8. The first-order valence-corrected chi connectivity index (χ1v) is 9.07. The Kier molecular flexibility index (Phi) is 8.98. The lowest BCUT2D eigenvalue weighted by atomic mass is 9.89. The minimum Gasteiger partial charge on any atom is -0.341 e. The standard InChI is InChI=1S/C18H36N2O/c1-5-7-9-16-12-17(19-11-10-15(3)4)14-20(13-16)18(21)8-6-2/h15-17,19H,5-14H2,1-4H3. The van der Waals surface area contributed by atoms with Gasteiger partial charge in [0.1, 0.15) is 0 Å². The summed E-state index contributed by atoms with van der Waals surface area (Å²) >= 11 is 0. The highest BCUT2D eigenvalue weighted by Crippen LogP contribution is 2.23. The van der Waals surface area contributed by atoms with Crippen molar-refractivity contribution in [3.63, 3.8) is 0 Å². The second-order valence-electron chi connectivity index (χ2n) is 7.13. The first-order chi connectivity index (χ1) is 10.1. The zero-order chi connectivity index (χ0) is 15.7. The van der Waals surface area contributed by atoms with Crippen LogP contribution >= 0.6 is 0 Å². The molecule has 1 fully saturated rings. The van der Waals surface area contributed by atoms with Gasteiger partial charge in [-0.2, -0.15) is 0 Å². The van der Waals surface area contributed by atoms with Crippen molar-refractivity contribution in [2.75, 3.05) is 19.6 Å². The minimum atomic E-state index is 0.356. The largest absolute Gasteiger partial charge is 0.341 e. The first-order valence-electron chi connectivity index (χ1n) is 9.07. The summed E-state index contributed by atoms with van der Waals surface area (Å²) in [7, 11) is 0. The van der Waals surface area contributed by atoms with Crippen molar-refractivity contribution in [3.8, 4) is 0 Å². The third kappa shape index (κ3) is 7.30. The number of piperidine rings is 1. The van der Waals surface area contributed by atoms with Crippen LogP contribution < -0.4 is 5.32 Å². The van der Waals surface area contributed by atoms with Gasteiger partial charge in [-0.3, -0.25) is 4.79 Å². The summed E-state index contributed by atoms with van der Waals surface area (Å²) in [4.78, 5) is 14.4. The van der Waals surface area contributed by atoms with E-state index >= 15 is 0 Å². The van der Waals surface area contributed by atoms with Crippen LogP contribution in [0.5, 0.6) is 0 Å². The van der Waals surface area contributed by atoms with E-state index in [1.807, 2.05) is 0 Å². The molecule has 1 saturated heterocycles. The van der Waals surface area contributed by atoms with E-state index in [-0.39, 0.29) is 0 Å². The molecule has 1 rings (SSSR count). The van der Waals surface area contributed by atoms with Crippen LogP contribution in [0.4, 0.5) is 0 Å². The molecule has 21 heavy (non-hydrogen) atoms. The molecular weight excluding hydrogens is 260 g/mol. The van der Waals surface area contributed by atoms with Crippen molar-refractivity contribution in [2.24, 2.45) is 11.8 Å². The molecule has 0 aromatic heterocycles. The molecule has 0 aliphatic carbocycles. The van der Waals surface area contributed by atoms with Gasteiger partial charge in [-0.05, 0) is 44.1 Å². The van der Waals surface area contributed by atoms with Crippen LogP contribution in [0.25, 0.3) is 0 Å². The number of hydrogen-bond acceptors (Lipinski definition) is 2. The molecule has 3 nitrogen and oxygen atoms in total. The molecule has 1 aliphatic rings. The third-order valence-electron chi connectivity index (χ3n) is 4.47. The Morgan fingerprint density at radius 1 is 1.24 bits per heavy atom. The quantitative estimate of drug-likeness (QED) is 0.701. The Morgan fingerprint density at radius 2 is 2.00 bits per heavy atom. The van der Waals surface area contributed by atoms with E-state index in [0.29, 0.717) is 24.3 Å². The van der Waals surface area contributed by atoms with Gasteiger partial charge in [0.25, 0.3) is 0 Å². The van der Waals surface area contributed by atoms with Crippen molar-refractivity contribution in [1.29, 1.82) is 0 Å². The van der Waals surface area contributed by atoms with Gasteiger partial charge in [0, 0.05) is 25.6 Å². The number of hydrogen-bond donors (Lipinski definition) is 1. The molecule has 0 radical (unpaired) electrons. The van der Waals surface area contributed by atoms with E-state index in [4.69, 9.17) is 0 Å². The molecule has 2 atom stereocenters. The second-order valence-corrected chi connectivity index (χ2v) is 7.13. The molecule has 1 N–H and O–H groups in total. The minimum absolute atomic E-state index is 0.356. The van der Waals surface area contributed by atoms with Crippen LogP contribution in [0.3, 0.4) is 0 Å². The lowest BCUT2D eigenvalue weighted by Crippen LogP contribution is -2.51. The molecule has 0 aromatic carbocycles. The summed E-state index contributed by atoms with van der Waals surface area (Å²) in [5.74, 6) is 1.79. The van der Waals surface area contributed by atoms with Gasteiger partial charge >= 0.3 is 0 Å². The second kappa shape index (κ2) is 10.2. The SMILES string of the molecule is CCCCC1CC(NCCC(C)C)CN(C(=O)CCC)C1. The number of likely N-dealkylation sites (tertiary alicyclic amines) is 1. The number of carbonyl (C=O) groups excluding carboxylic acids is 1. The van der Waals surface area contributed by atoms with E-state index < -0.39 is 0 Å². The maximum atomic E-state index is 12.2. The number of carbonyl (C=O) groups is 1. The number of nitrogens with zero attached hydrogens (tertiary/aromatic N) is 1. The van der Waals surface area contributed by atoms with Gasteiger partial charge in [-0.1, -0.05) is 40.5 Å². The predicted molar refractivity (Wildman–Crippen MR) is 90.4 cm³/mol. The smallest absolute Gasteiger partial charge is 0.222 e. The summed E-state index contributed by atoms with van der Waals surface area (Å²) < 4.78 is 0. The Labute approximate surface area is 131 Å². The van der Waals surface area contributed by atoms with E-state index in [0.717, 1.165) is 32.0 Å². The van der Waals surface area contributed by atoms with E-state index in [9.17, 15) is 4.79 Å². The maximum absolute atomic E-state index is 12.2. The summed E-state index contributed by atoms with van der Waals surface area (Å²) in [6.07, 6.45) is 7.95. The fraction of sp³-hybridized carbons (Fsp3) is 0.944. The average molecular weight is 296 g/mol. The van der Waals surface area contributed by atoms with E-state index in [1.54, 1.807) is 0 Å². The maximum Gasteiger partial charge on any atom is 0.222 e. The van der Waals surface area contributed by atoms with Crippen LogP contribution in [0.2, 0.25) is 0 Å². The molecule has 0 bridgehead atoms. The molecule has 1 aliphatic heterocycles. The molecule has 0 aromatic rings. The highest BCUT2D eigenvalue weighted by Gasteiger charge is 2.28. The van der Waals surface area contributed by atoms with Crippen LogP contribution in [-0.2, 0) is 4.79 Å². The average Bonchev–Trinajstić information content (AvgIpc) is 2.45. The lowest BCUT2D eigenvalue weighted by molar-refractivity contribution is -0.133. The number of amides is 1. The Hall–Kier alpha value is -0.570. The molecule has 3 heteroatoms. The van der Waals surface area contributed by atoms with Crippen molar-refractivity contribution in [2.45, 2.75) is 78.7 Å². The van der Waals surface area contributed by atoms with Crippen molar-refractivity contribution in [3.05, 3.63) is 0 Å². The summed E-state index contributed by atoms with van der Waals surface area (Å²) in [5.41, 5.74) is 0. The van der Waals surface area contributed by atoms with E-state index in [1.165, 1.54) is 32.1 Å². The Balaban J connectivity index is 2.50. The summed E-state index contributed by atoms with van der Waals surface area (Å²) in [6.45, 7) is 11.9. The molecular formula is C18H36N2O. The summed E-state index contributed by atoms with van der Waals surface area (Å²) in [5, 5.41) is 3.69. The van der Waals surface area contributed by atoms with Gasteiger partial charge in [0.2, 0.25) is 5.91 Å². The Bertz CT molecular complexity index is 291. The van der Waals surface area contributed by atoms with Gasteiger partial charge < -0.3 is 10.2 Å². The molecule has 0 spiro atoms. The van der Waals surface area contributed by atoms with Crippen molar-refractivity contribution in [1.82, 2.24) is 10.2 Å². The van der Waals surface area contributed by atoms with Gasteiger partial charge in [-0.15, -0.1) is 0 Å². The van der Waals surface area contributed by atoms with Crippen molar-refractivity contribution >= 4 is 5.91 Å². The number of nitrogens with one attached hydrogen (secondary N) is 1. The lowest BCUT2D eigenvalue weighted by Gasteiger charge is -2.38. The van der Waals surface area contributed by atoms with Crippen LogP contribution in [-0.4, -0.2) is 36.5 Å². The van der Waals surface area contributed by atoms with Crippen LogP contribution in [0, 0.1) is 11.8 Å². The third-order valence-corrected chi connectivity index (χ3v) is 4.47. The first kappa shape index (κ1) is 18.5. The van der Waals surface area contributed by atoms with Gasteiger partial charge in [0.05, 0.1) is 0 Å². The fourth-order valence-corrected chi connectivity index (χ4v) is 3.21. The molecule has 0 saturated carbocycles. The zero-order valence-electron chi connectivity index (χ0n) is 14.7. The number of rotatable bonds is 9. The fourth-order valence-electron chi connectivity index (χ4n) is 3.21. The molecule has 2 unspecified atom stereocenters. The molecule has 1 heterocycles. The summed E-state index contributed by atoms with van der Waals surface area (Å²) in [6, 6.07) is 0.500. The zero-order valence-corrected chi connectivity index (χ0v) is 14.7. The van der Waals surface area contributed by atoms with E-state index in [2.05, 4.69) is 37.9 Å².